The molecular formula is C13H20BrN5. The number of hydrogen-bond donors (Lipinski definition) is 2. The maximum Gasteiger partial charge on any atom is 0.159 e. The second-order valence-electron chi connectivity index (χ2n) is 5.54. The molecule has 1 saturated carbocycles. The number of nitrogens with zero attached hydrogens (tertiary/aromatic N) is 3. The van der Waals surface area contributed by atoms with E-state index in [1.807, 2.05) is 0 Å². The number of piperidine rings is 1. The van der Waals surface area contributed by atoms with Crippen LogP contribution in [0.4, 0.5) is 11.6 Å². The molecule has 6 heteroatoms. The van der Waals surface area contributed by atoms with Gasteiger partial charge in [0.2, 0.25) is 0 Å². The van der Waals surface area contributed by atoms with E-state index >= 15 is 0 Å². The highest BCUT2D eigenvalue weighted by Crippen LogP contribution is 2.39. The van der Waals surface area contributed by atoms with Crippen LogP contribution in [0.2, 0.25) is 0 Å². The number of aromatic nitrogens is 2. The minimum absolute atomic E-state index is 0.649. The zero-order valence-electron chi connectivity index (χ0n) is 11.0. The van der Waals surface area contributed by atoms with Crippen LogP contribution in [-0.2, 0) is 0 Å². The average Bonchev–Trinajstić information content (AvgIpc) is 2.47. The van der Waals surface area contributed by atoms with Crippen LogP contribution in [0.25, 0.3) is 0 Å². The number of hydrazine groups is 1. The van der Waals surface area contributed by atoms with Crippen LogP contribution < -0.4 is 16.2 Å². The maximum absolute atomic E-state index is 5.47. The van der Waals surface area contributed by atoms with Crippen LogP contribution in [0.1, 0.15) is 32.1 Å². The largest absolute Gasteiger partial charge is 0.355 e. The zero-order valence-corrected chi connectivity index (χ0v) is 12.6. The monoisotopic (exact) mass is 325 g/mol. The first-order valence-electron chi connectivity index (χ1n) is 7.01. The normalized spacial score (nSPS) is 26.9. The zero-order chi connectivity index (χ0) is 13.2. The van der Waals surface area contributed by atoms with Crippen molar-refractivity contribution >= 4 is 27.6 Å². The maximum atomic E-state index is 5.47. The Morgan fingerprint density at radius 2 is 2.00 bits per heavy atom. The molecule has 1 saturated heterocycles. The molecule has 2 unspecified atom stereocenters. The minimum atomic E-state index is 0.649. The quantitative estimate of drug-likeness (QED) is 0.646. The molecule has 1 aliphatic carbocycles. The predicted octanol–water partition coefficient (Wildman–Crippen LogP) is 2.54. The van der Waals surface area contributed by atoms with Crippen molar-refractivity contribution in [1.82, 2.24) is 9.97 Å². The molecule has 1 aromatic heterocycles. The molecule has 2 heterocycles. The van der Waals surface area contributed by atoms with Gasteiger partial charge in [-0.25, -0.2) is 15.8 Å². The van der Waals surface area contributed by atoms with Gasteiger partial charge in [-0.15, -0.1) is 0 Å². The van der Waals surface area contributed by atoms with Crippen LogP contribution in [0.5, 0.6) is 0 Å². The Kier molecular flexibility index (Phi) is 3.88. The number of halogens is 1. The number of nitrogen functional groups attached to an aromatic ring is 1. The molecular weight excluding hydrogens is 306 g/mol. The van der Waals surface area contributed by atoms with Crippen LogP contribution >= 0.6 is 15.9 Å². The predicted molar refractivity (Wildman–Crippen MR) is 79.8 cm³/mol. The Morgan fingerprint density at radius 3 is 2.79 bits per heavy atom. The summed E-state index contributed by atoms with van der Waals surface area (Å²) < 4.78 is 0.867. The van der Waals surface area contributed by atoms with E-state index in [1.54, 1.807) is 6.33 Å². The lowest BCUT2D eigenvalue weighted by Crippen LogP contribution is -2.42. The van der Waals surface area contributed by atoms with Crippen molar-refractivity contribution in [1.29, 1.82) is 0 Å². The van der Waals surface area contributed by atoms with Crippen LogP contribution in [0.3, 0.4) is 0 Å². The molecule has 0 bridgehead atoms. The molecule has 0 amide bonds. The first-order chi connectivity index (χ1) is 9.29. The molecule has 19 heavy (non-hydrogen) atoms. The van der Waals surface area contributed by atoms with Gasteiger partial charge in [0, 0.05) is 13.1 Å². The topological polar surface area (TPSA) is 67.1 Å². The summed E-state index contributed by atoms with van der Waals surface area (Å²) in [6.07, 6.45) is 8.44. The minimum Gasteiger partial charge on any atom is -0.355 e. The van der Waals surface area contributed by atoms with E-state index in [1.165, 1.54) is 32.1 Å². The van der Waals surface area contributed by atoms with Crippen molar-refractivity contribution < 1.29 is 0 Å². The molecule has 0 spiro atoms. The second kappa shape index (κ2) is 5.63. The number of fused-ring (bicyclic) bond motifs is 1. The Balaban J connectivity index is 1.79. The van der Waals surface area contributed by atoms with Crippen molar-refractivity contribution in [3.8, 4) is 0 Å². The van der Waals surface area contributed by atoms with Gasteiger partial charge in [0.05, 0.1) is 0 Å². The molecule has 2 atom stereocenters. The fourth-order valence-electron chi connectivity index (χ4n) is 3.47. The second-order valence-corrected chi connectivity index (χ2v) is 6.34. The van der Waals surface area contributed by atoms with Gasteiger partial charge in [-0.2, -0.15) is 0 Å². The van der Waals surface area contributed by atoms with E-state index < -0.39 is 0 Å². The third-order valence-corrected chi connectivity index (χ3v) is 5.23. The highest BCUT2D eigenvalue weighted by molar-refractivity contribution is 9.10. The van der Waals surface area contributed by atoms with Crippen molar-refractivity contribution in [2.24, 2.45) is 17.7 Å². The molecule has 3 rings (SSSR count). The van der Waals surface area contributed by atoms with E-state index in [-0.39, 0.29) is 0 Å². The van der Waals surface area contributed by atoms with Crippen molar-refractivity contribution in [2.75, 3.05) is 23.4 Å². The summed E-state index contributed by atoms with van der Waals surface area (Å²) in [6.45, 7) is 2.20. The van der Waals surface area contributed by atoms with Crippen LogP contribution in [0, 0.1) is 11.8 Å². The molecule has 3 N–H and O–H groups in total. The fourth-order valence-corrected chi connectivity index (χ4v) is 4.04. The van der Waals surface area contributed by atoms with Gasteiger partial charge in [-0.05, 0) is 40.6 Å². The summed E-state index contributed by atoms with van der Waals surface area (Å²) in [5.41, 5.74) is 2.61. The SMILES string of the molecule is NNc1ncnc(N2CCC3CCCCC3C2)c1Br. The summed E-state index contributed by atoms with van der Waals surface area (Å²) in [6, 6.07) is 0. The molecule has 104 valence electrons. The third-order valence-electron chi connectivity index (χ3n) is 4.50. The molecule has 1 aromatic rings. The average molecular weight is 326 g/mol. The van der Waals surface area contributed by atoms with E-state index in [0.717, 1.165) is 35.2 Å². The molecule has 2 aliphatic rings. The summed E-state index contributed by atoms with van der Waals surface area (Å²) in [5.74, 6) is 8.84. The van der Waals surface area contributed by atoms with E-state index in [4.69, 9.17) is 5.84 Å². The van der Waals surface area contributed by atoms with E-state index in [9.17, 15) is 0 Å². The summed E-state index contributed by atoms with van der Waals surface area (Å²) in [5, 5.41) is 0. The Bertz CT molecular complexity index is 453. The Morgan fingerprint density at radius 1 is 1.21 bits per heavy atom. The smallest absolute Gasteiger partial charge is 0.159 e. The van der Waals surface area contributed by atoms with Crippen LogP contribution in [0.15, 0.2) is 10.8 Å². The molecule has 5 nitrogen and oxygen atoms in total. The summed E-state index contributed by atoms with van der Waals surface area (Å²) >= 11 is 3.56. The lowest BCUT2D eigenvalue weighted by Gasteiger charge is -2.42. The van der Waals surface area contributed by atoms with E-state index in [2.05, 4.69) is 36.2 Å². The highest BCUT2D eigenvalue weighted by atomic mass is 79.9. The van der Waals surface area contributed by atoms with Crippen LogP contribution in [-0.4, -0.2) is 23.1 Å². The molecule has 1 aliphatic heterocycles. The molecule has 0 radical (unpaired) electrons. The summed E-state index contributed by atoms with van der Waals surface area (Å²) in [7, 11) is 0. The number of hydrogen-bond acceptors (Lipinski definition) is 5. The van der Waals surface area contributed by atoms with Gasteiger partial charge >= 0.3 is 0 Å². The number of anilines is 2. The number of rotatable bonds is 2. The van der Waals surface area contributed by atoms with E-state index in [0.29, 0.717) is 5.82 Å². The van der Waals surface area contributed by atoms with Gasteiger partial charge in [0.1, 0.15) is 16.6 Å². The van der Waals surface area contributed by atoms with Gasteiger partial charge < -0.3 is 10.3 Å². The fraction of sp³-hybridized carbons (Fsp3) is 0.692. The Labute approximate surface area is 122 Å². The lowest BCUT2D eigenvalue weighted by atomic mass is 9.75. The lowest BCUT2D eigenvalue weighted by molar-refractivity contribution is 0.202. The number of nitrogens with one attached hydrogen (secondary N) is 1. The molecule has 2 fully saturated rings. The van der Waals surface area contributed by atoms with Crippen molar-refractivity contribution in [2.45, 2.75) is 32.1 Å². The Hall–Kier alpha value is -0.880. The first-order valence-corrected chi connectivity index (χ1v) is 7.81. The van der Waals surface area contributed by atoms with Crippen molar-refractivity contribution in [3.05, 3.63) is 10.8 Å². The third kappa shape index (κ3) is 2.56. The highest BCUT2D eigenvalue weighted by Gasteiger charge is 2.32. The van der Waals surface area contributed by atoms with Crippen molar-refractivity contribution in [3.63, 3.8) is 0 Å². The standard InChI is InChI=1S/C13H20BrN5/c14-11-12(18-15)16-8-17-13(11)19-6-5-9-3-1-2-4-10(9)7-19/h8-10H,1-7,15H2,(H,16,17,18). The van der Waals surface area contributed by atoms with Gasteiger partial charge in [0.15, 0.2) is 5.82 Å². The first kappa shape index (κ1) is 13.1. The molecule has 0 aromatic carbocycles. The van der Waals surface area contributed by atoms with Gasteiger partial charge in [-0.1, -0.05) is 19.3 Å². The van der Waals surface area contributed by atoms with Gasteiger partial charge in [0.25, 0.3) is 0 Å². The summed E-state index contributed by atoms with van der Waals surface area (Å²) in [4.78, 5) is 10.9. The number of nitrogens with two attached hydrogens (primary N) is 1. The van der Waals surface area contributed by atoms with Gasteiger partial charge in [-0.3, -0.25) is 0 Å².